The van der Waals surface area contributed by atoms with E-state index < -0.39 is 17.4 Å². The predicted molar refractivity (Wildman–Crippen MR) is 78.1 cm³/mol. The van der Waals surface area contributed by atoms with E-state index in [0.717, 1.165) is 12.8 Å². The van der Waals surface area contributed by atoms with Crippen molar-refractivity contribution in [2.45, 2.75) is 50.5 Å². The number of ether oxygens (including phenoxy) is 1. The molecule has 2 aliphatic rings. The van der Waals surface area contributed by atoms with Gasteiger partial charge in [-0.05, 0) is 18.8 Å². The fraction of sp³-hybridized carbons (Fsp3) is 0.800. The number of carboxylic acid groups (broad SMARTS) is 1. The van der Waals surface area contributed by atoms with Gasteiger partial charge in [0.15, 0.2) is 5.54 Å². The summed E-state index contributed by atoms with van der Waals surface area (Å²) < 4.78 is 5.07. The van der Waals surface area contributed by atoms with Gasteiger partial charge in [0.25, 0.3) is 0 Å². The van der Waals surface area contributed by atoms with Crippen LogP contribution in [0.2, 0.25) is 0 Å². The van der Waals surface area contributed by atoms with E-state index in [2.05, 4.69) is 10.6 Å². The van der Waals surface area contributed by atoms with E-state index >= 15 is 0 Å². The van der Waals surface area contributed by atoms with Crippen LogP contribution >= 0.6 is 0 Å². The molecule has 1 heterocycles. The predicted octanol–water partition coefficient (Wildman–Crippen LogP) is 0.433. The van der Waals surface area contributed by atoms with Crippen LogP contribution in [0.25, 0.3) is 0 Å². The highest BCUT2D eigenvalue weighted by Crippen LogP contribution is 2.26. The van der Waals surface area contributed by atoms with E-state index in [1.165, 1.54) is 19.3 Å². The Balaban J connectivity index is 1.72. The second kappa shape index (κ2) is 7.58. The molecule has 2 amide bonds. The van der Waals surface area contributed by atoms with Gasteiger partial charge in [-0.15, -0.1) is 0 Å². The number of hydrogen-bond donors (Lipinski definition) is 3. The zero-order valence-corrected chi connectivity index (χ0v) is 12.7. The summed E-state index contributed by atoms with van der Waals surface area (Å²) in [7, 11) is 0. The molecular formula is C15H24N2O5. The van der Waals surface area contributed by atoms with E-state index in [9.17, 15) is 19.5 Å². The zero-order valence-electron chi connectivity index (χ0n) is 12.7. The molecule has 124 valence electrons. The molecule has 2 fully saturated rings. The molecule has 22 heavy (non-hydrogen) atoms. The first-order chi connectivity index (χ1) is 10.5. The Kier molecular flexibility index (Phi) is 5.76. The first-order valence-corrected chi connectivity index (χ1v) is 7.91. The van der Waals surface area contributed by atoms with Crippen molar-refractivity contribution >= 4 is 17.8 Å². The molecule has 3 N–H and O–H groups in total. The van der Waals surface area contributed by atoms with Crippen molar-refractivity contribution in [1.29, 1.82) is 0 Å². The lowest BCUT2D eigenvalue weighted by Gasteiger charge is -2.24. The molecule has 1 atom stereocenters. The van der Waals surface area contributed by atoms with Crippen molar-refractivity contribution in [3.8, 4) is 0 Å². The number of carbonyl (C=O) groups excluding carboxylic acids is 2. The molecule has 1 aliphatic carbocycles. The first kappa shape index (κ1) is 16.7. The van der Waals surface area contributed by atoms with Crippen LogP contribution in [0.4, 0.5) is 0 Å². The Labute approximate surface area is 129 Å². The molecule has 0 aromatic rings. The minimum atomic E-state index is -1.36. The third-order valence-corrected chi connectivity index (χ3v) is 4.45. The minimum Gasteiger partial charge on any atom is -0.479 e. The standard InChI is InChI=1S/C15H24N2O5/c18-12(8-11-4-2-1-3-5-11)16-9-13(19)17-15(14(20)21)6-7-22-10-15/h11H,1-10H2,(H,16,18)(H,17,19)(H,20,21). The van der Waals surface area contributed by atoms with Crippen LogP contribution in [0.5, 0.6) is 0 Å². The fourth-order valence-corrected chi connectivity index (χ4v) is 3.10. The van der Waals surface area contributed by atoms with E-state index in [1.807, 2.05) is 0 Å². The largest absolute Gasteiger partial charge is 0.479 e. The van der Waals surface area contributed by atoms with Crippen molar-refractivity contribution in [2.75, 3.05) is 19.8 Å². The summed E-state index contributed by atoms with van der Waals surface area (Å²) in [4.78, 5) is 35.0. The quantitative estimate of drug-likeness (QED) is 0.660. The fourth-order valence-electron chi connectivity index (χ4n) is 3.10. The van der Waals surface area contributed by atoms with Crippen LogP contribution in [-0.2, 0) is 19.1 Å². The minimum absolute atomic E-state index is 0.0376. The summed E-state index contributed by atoms with van der Waals surface area (Å²) in [6.07, 6.45) is 6.39. The van der Waals surface area contributed by atoms with Gasteiger partial charge in [0.1, 0.15) is 0 Å². The number of aliphatic carboxylic acids is 1. The number of carboxylic acids is 1. The molecule has 1 saturated carbocycles. The average Bonchev–Trinajstić information content (AvgIpc) is 2.96. The molecule has 1 unspecified atom stereocenters. The third-order valence-electron chi connectivity index (χ3n) is 4.45. The molecule has 2 rings (SSSR count). The van der Waals surface area contributed by atoms with E-state index in [0.29, 0.717) is 18.9 Å². The van der Waals surface area contributed by atoms with Gasteiger partial charge in [-0.3, -0.25) is 9.59 Å². The number of rotatable bonds is 6. The maximum absolute atomic E-state index is 11.9. The molecule has 1 saturated heterocycles. The third kappa shape index (κ3) is 4.43. The van der Waals surface area contributed by atoms with Crippen LogP contribution in [0.15, 0.2) is 0 Å². The summed E-state index contributed by atoms with van der Waals surface area (Å²) in [6, 6.07) is 0. The second-order valence-corrected chi connectivity index (χ2v) is 6.22. The second-order valence-electron chi connectivity index (χ2n) is 6.22. The molecular weight excluding hydrogens is 288 g/mol. The molecule has 0 bridgehead atoms. The number of carbonyl (C=O) groups is 3. The molecule has 0 aromatic carbocycles. The van der Waals surface area contributed by atoms with Gasteiger partial charge in [0.05, 0.1) is 13.2 Å². The Bertz CT molecular complexity index is 426. The molecule has 0 radical (unpaired) electrons. The monoisotopic (exact) mass is 312 g/mol. The molecule has 0 aromatic heterocycles. The van der Waals surface area contributed by atoms with Gasteiger partial charge in [0.2, 0.25) is 11.8 Å². The van der Waals surface area contributed by atoms with Gasteiger partial charge in [0, 0.05) is 19.4 Å². The van der Waals surface area contributed by atoms with Crippen molar-refractivity contribution in [1.82, 2.24) is 10.6 Å². The summed E-state index contributed by atoms with van der Waals surface area (Å²) in [5, 5.41) is 14.3. The normalized spacial score (nSPS) is 25.6. The van der Waals surface area contributed by atoms with Gasteiger partial charge in [-0.1, -0.05) is 19.3 Å². The van der Waals surface area contributed by atoms with Crippen molar-refractivity contribution in [3.63, 3.8) is 0 Å². The number of hydrogen-bond acceptors (Lipinski definition) is 4. The Morgan fingerprint density at radius 3 is 2.45 bits per heavy atom. The summed E-state index contributed by atoms with van der Waals surface area (Å²) in [5.41, 5.74) is -1.36. The van der Waals surface area contributed by atoms with Crippen molar-refractivity contribution < 1.29 is 24.2 Å². The maximum atomic E-state index is 11.9. The number of nitrogens with one attached hydrogen (secondary N) is 2. The highest BCUT2D eigenvalue weighted by molar-refractivity contribution is 5.90. The molecule has 0 spiro atoms. The van der Waals surface area contributed by atoms with Gasteiger partial charge in [-0.25, -0.2) is 4.79 Å². The Hall–Kier alpha value is -1.63. The smallest absolute Gasteiger partial charge is 0.331 e. The van der Waals surface area contributed by atoms with Crippen molar-refractivity contribution in [3.05, 3.63) is 0 Å². The van der Waals surface area contributed by atoms with Crippen LogP contribution in [0, 0.1) is 5.92 Å². The summed E-state index contributed by atoms with van der Waals surface area (Å²) >= 11 is 0. The molecule has 7 nitrogen and oxygen atoms in total. The SMILES string of the molecule is O=C(CC1CCCCC1)NCC(=O)NC1(C(=O)O)CCOC1. The van der Waals surface area contributed by atoms with Crippen molar-refractivity contribution in [2.24, 2.45) is 5.92 Å². The van der Waals surface area contributed by atoms with E-state index in [-0.39, 0.29) is 25.5 Å². The first-order valence-electron chi connectivity index (χ1n) is 7.91. The highest BCUT2D eigenvalue weighted by Gasteiger charge is 2.43. The van der Waals surface area contributed by atoms with E-state index in [4.69, 9.17) is 4.74 Å². The average molecular weight is 312 g/mol. The highest BCUT2D eigenvalue weighted by atomic mass is 16.5. The van der Waals surface area contributed by atoms with Crippen LogP contribution in [0.3, 0.4) is 0 Å². The maximum Gasteiger partial charge on any atom is 0.331 e. The Morgan fingerprint density at radius 1 is 1.14 bits per heavy atom. The van der Waals surface area contributed by atoms with Gasteiger partial charge in [-0.2, -0.15) is 0 Å². The van der Waals surface area contributed by atoms with Crippen LogP contribution < -0.4 is 10.6 Å². The van der Waals surface area contributed by atoms with Crippen LogP contribution in [-0.4, -0.2) is 48.2 Å². The van der Waals surface area contributed by atoms with Gasteiger partial charge >= 0.3 is 5.97 Å². The van der Waals surface area contributed by atoms with E-state index in [1.54, 1.807) is 0 Å². The Morgan fingerprint density at radius 2 is 1.86 bits per heavy atom. The van der Waals surface area contributed by atoms with Gasteiger partial charge < -0.3 is 20.5 Å². The lowest BCUT2D eigenvalue weighted by molar-refractivity contribution is -0.147. The zero-order chi connectivity index (χ0) is 16.0. The lowest BCUT2D eigenvalue weighted by atomic mass is 9.87. The molecule has 1 aliphatic heterocycles. The van der Waals surface area contributed by atoms with Crippen LogP contribution in [0.1, 0.15) is 44.9 Å². The molecule has 7 heteroatoms. The number of amides is 2. The summed E-state index contributed by atoms with van der Waals surface area (Å²) in [5.74, 6) is -1.34. The summed E-state index contributed by atoms with van der Waals surface area (Å²) in [6.45, 7) is 0.0747. The lowest BCUT2D eigenvalue weighted by Crippen LogP contribution is -2.57. The topological polar surface area (TPSA) is 105 Å².